The van der Waals surface area contributed by atoms with Gasteiger partial charge in [0.1, 0.15) is 6.04 Å². The van der Waals surface area contributed by atoms with Gasteiger partial charge < -0.3 is 16.0 Å². The minimum Gasteiger partial charge on any atom is -0.352 e. The summed E-state index contributed by atoms with van der Waals surface area (Å²) >= 11 is 1.70. The van der Waals surface area contributed by atoms with E-state index in [9.17, 15) is 9.59 Å². The molecule has 2 aliphatic rings. The quantitative estimate of drug-likeness (QED) is 0.644. The molecule has 0 saturated heterocycles. The number of benzene rings is 1. The Hall–Kier alpha value is -1.24. The molecular formula is C20H30ClN3O2S. The summed E-state index contributed by atoms with van der Waals surface area (Å²) < 4.78 is 0. The molecule has 27 heavy (non-hydrogen) atoms. The van der Waals surface area contributed by atoms with E-state index >= 15 is 0 Å². The molecule has 3 rings (SSSR count). The van der Waals surface area contributed by atoms with Gasteiger partial charge in [-0.3, -0.25) is 9.59 Å². The summed E-state index contributed by atoms with van der Waals surface area (Å²) in [4.78, 5) is 25.4. The number of thioether (sulfide) groups is 1. The molecule has 150 valence electrons. The predicted octanol–water partition coefficient (Wildman–Crippen LogP) is 2.42. The molecule has 5 nitrogen and oxygen atoms in total. The molecule has 1 aliphatic heterocycles. The van der Waals surface area contributed by atoms with Crippen LogP contribution in [0, 0.1) is 0 Å². The van der Waals surface area contributed by atoms with Gasteiger partial charge in [0.05, 0.1) is 6.04 Å². The first-order chi connectivity index (χ1) is 12.7. The van der Waals surface area contributed by atoms with Gasteiger partial charge in [-0.05, 0) is 48.8 Å². The number of fused-ring (bicyclic) bond motifs is 1. The number of nitrogens with one attached hydrogen (secondary N) is 3. The van der Waals surface area contributed by atoms with Crippen LogP contribution in [0.2, 0.25) is 0 Å². The van der Waals surface area contributed by atoms with Crippen LogP contribution < -0.4 is 16.0 Å². The third-order valence-electron chi connectivity index (χ3n) is 5.34. The fraction of sp³-hybridized carbons (Fsp3) is 0.600. The highest BCUT2D eigenvalue weighted by atomic mass is 35.5. The molecule has 1 aromatic rings. The molecule has 7 heteroatoms. The smallest absolute Gasteiger partial charge is 0.242 e. The summed E-state index contributed by atoms with van der Waals surface area (Å²) in [5.74, 6) is 0.743. The SMILES string of the molecule is CSCC[C@H](NC(=O)[C@@H]1Cc2ccccc2CN1)C(=O)NC1CCCC1.Cl. The van der Waals surface area contributed by atoms with Crippen LogP contribution in [0.4, 0.5) is 0 Å². The van der Waals surface area contributed by atoms with E-state index in [2.05, 4.69) is 28.1 Å². The Morgan fingerprint density at radius 1 is 1.22 bits per heavy atom. The van der Waals surface area contributed by atoms with Gasteiger partial charge in [-0.25, -0.2) is 0 Å². The zero-order chi connectivity index (χ0) is 18.4. The van der Waals surface area contributed by atoms with Gasteiger partial charge in [-0.1, -0.05) is 37.1 Å². The van der Waals surface area contributed by atoms with E-state index in [0.29, 0.717) is 19.4 Å². The zero-order valence-electron chi connectivity index (χ0n) is 15.8. The minimum atomic E-state index is -0.450. The molecule has 1 aromatic carbocycles. The average molecular weight is 412 g/mol. The second-order valence-electron chi connectivity index (χ2n) is 7.24. The summed E-state index contributed by atoms with van der Waals surface area (Å²) in [6.45, 7) is 0.692. The molecule has 2 atom stereocenters. The molecule has 0 radical (unpaired) electrons. The Labute approximate surface area is 172 Å². The number of halogens is 1. The number of carbonyl (C=O) groups excluding carboxylic acids is 2. The van der Waals surface area contributed by atoms with Crippen molar-refractivity contribution < 1.29 is 9.59 Å². The van der Waals surface area contributed by atoms with Crippen molar-refractivity contribution in [3.8, 4) is 0 Å². The van der Waals surface area contributed by atoms with Crippen molar-refractivity contribution in [2.45, 2.75) is 63.2 Å². The van der Waals surface area contributed by atoms with Gasteiger partial charge in [0.25, 0.3) is 0 Å². The Morgan fingerprint density at radius 2 is 1.93 bits per heavy atom. The maximum atomic E-state index is 12.8. The summed E-state index contributed by atoms with van der Waals surface area (Å²) in [6.07, 6.45) is 7.81. The Bertz CT molecular complexity index is 637. The van der Waals surface area contributed by atoms with E-state index in [1.165, 1.54) is 24.0 Å². The van der Waals surface area contributed by atoms with E-state index in [1.54, 1.807) is 11.8 Å². The Kier molecular flexibility index (Phi) is 8.93. The summed E-state index contributed by atoms with van der Waals surface area (Å²) in [6, 6.07) is 7.75. The molecular weight excluding hydrogens is 382 g/mol. The fourth-order valence-electron chi connectivity index (χ4n) is 3.79. The monoisotopic (exact) mass is 411 g/mol. The van der Waals surface area contributed by atoms with Crippen molar-refractivity contribution in [2.24, 2.45) is 0 Å². The first kappa shape index (κ1) is 22.1. The van der Waals surface area contributed by atoms with Gasteiger partial charge in [0.15, 0.2) is 0 Å². The molecule has 0 spiro atoms. The molecule has 1 fully saturated rings. The molecule has 0 unspecified atom stereocenters. The lowest BCUT2D eigenvalue weighted by atomic mass is 9.95. The second-order valence-corrected chi connectivity index (χ2v) is 8.22. The molecule has 3 N–H and O–H groups in total. The van der Waals surface area contributed by atoms with Gasteiger partial charge in [-0.15, -0.1) is 12.4 Å². The number of hydrogen-bond acceptors (Lipinski definition) is 4. The standard InChI is InChI=1S/C20H29N3O2S.ClH/c1-26-11-10-17(19(24)22-16-8-4-5-9-16)23-20(25)18-12-14-6-2-3-7-15(14)13-21-18;/h2-3,6-7,16-18,21H,4-5,8-13H2,1H3,(H,22,24)(H,23,25);1H/t17-,18-;/m0./s1. The van der Waals surface area contributed by atoms with Crippen molar-refractivity contribution in [2.75, 3.05) is 12.0 Å². The topological polar surface area (TPSA) is 70.2 Å². The fourth-order valence-corrected chi connectivity index (χ4v) is 4.26. The highest BCUT2D eigenvalue weighted by Gasteiger charge is 2.29. The molecule has 2 amide bonds. The van der Waals surface area contributed by atoms with Gasteiger partial charge in [0, 0.05) is 12.6 Å². The van der Waals surface area contributed by atoms with Gasteiger partial charge in [-0.2, -0.15) is 11.8 Å². The normalized spacial score (nSPS) is 20.3. The molecule has 0 bridgehead atoms. The van der Waals surface area contributed by atoms with Crippen molar-refractivity contribution in [3.63, 3.8) is 0 Å². The molecule has 0 aromatic heterocycles. The van der Waals surface area contributed by atoms with Crippen LogP contribution in [0.1, 0.15) is 43.2 Å². The highest BCUT2D eigenvalue weighted by Crippen LogP contribution is 2.19. The minimum absolute atomic E-state index is 0. The number of carbonyl (C=O) groups is 2. The second kappa shape index (κ2) is 10.9. The lowest BCUT2D eigenvalue weighted by Gasteiger charge is -2.28. The molecule has 1 heterocycles. The third kappa shape index (κ3) is 6.13. The Morgan fingerprint density at radius 3 is 2.63 bits per heavy atom. The first-order valence-corrected chi connectivity index (χ1v) is 11.0. The van der Waals surface area contributed by atoms with Crippen LogP contribution in [-0.4, -0.2) is 41.9 Å². The molecule has 1 aliphatic carbocycles. The van der Waals surface area contributed by atoms with Crippen molar-refractivity contribution >= 4 is 36.0 Å². The predicted molar refractivity (Wildman–Crippen MR) is 113 cm³/mol. The van der Waals surface area contributed by atoms with Crippen LogP contribution in [-0.2, 0) is 22.6 Å². The van der Waals surface area contributed by atoms with Crippen molar-refractivity contribution in [3.05, 3.63) is 35.4 Å². The lowest BCUT2D eigenvalue weighted by Crippen LogP contribution is -2.55. The van der Waals surface area contributed by atoms with Gasteiger partial charge in [0.2, 0.25) is 11.8 Å². The van der Waals surface area contributed by atoms with E-state index in [1.807, 2.05) is 18.4 Å². The van der Waals surface area contributed by atoms with Crippen molar-refractivity contribution in [1.29, 1.82) is 0 Å². The maximum absolute atomic E-state index is 12.8. The lowest BCUT2D eigenvalue weighted by molar-refractivity contribution is -0.130. The van der Waals surface area contributed by atoms with Crippen LogP contribution in [0.25, 0.3) is 0 Å². The first-order valence-electron chi connectivity index (χ1n) is 9.57. The van der Waals surface area contributed by atoms with Crippen LogP contribution >= 0.6 is 24.2 Å². The largest absolute Gasteiger partial charge is 0.352 e. The average Bonchev–Trinajstić information content (AvgIpc) is 3.17. The van der Waals surface area contributed by atoms with Crippen LogP contribution in [0.15, 0.2) is 24.3 Å². The third-order valence-corrected chi connectivity index (χ3v) is 5.99. The number of rotatable bonds is 7. The highest BCUT2D eigenvalue weighted by molar-refractivity contribution is 7.98. The maximum Gasteiger partial charge on any atom is 0.242 e. The Balaban J connectivity index is 0.00000261. The summed E-state index contributed by atoms with van der Waals surface area (Å²) in [5, 5.41) is 9.43. The van der Waals surface area contributed by atoms with E-state index in [0.717, 1.165) is 18.6 Å². The zero-order valence-corrected chi connectivity index (χ0v) is 17.5. The summed E-state index contributed by atoms with van der Waals surface area (Å²) in [7, 11) is 0. The molecule has 1 saturated carbocycles. The van der Waals surface area contributed by atoms with Crippen molar-refractivity contribution in [1.82, 2.24) is 16.0 Å². The summed E-state index contributed by atoms with van der Waals surface area (Å²) in [5.41, 5.74) is 2.46. The van der Waals surface area contributed by atoms with E-state index in [-0.39, 0.29) is 36.3 Å². The van der Waals surface area contributed by atoms with E-state index in [4.69, 9.17) is 0 Å². The number of amides is 2. The van der Waals surface area contributed by atoms with Crippen LogP contribution in [0.5, 0.6) is 0 Å². The number of hydrogen-bond donors (Lipinski definition) is 3. The van der Waals surface area contributed by atoms with Gasteiger partial charge >= 0.3 is 0 Å². The van der Waals surface area contributed by atoms with Crippen LogP contribution in [0.3, 0.4) is 0 Å². The van der Waals surface area contributed by atoms with E-state index < -0.39 is 6.04 Å².